The molecule has 2 heteroatoms. The summed E-state index contributed by atoms with van der Waals surface area (Å²) in [5.41, 5.74) is 8.93. The molecular weight excluding hydrogens is 232 g/mol. The van der Waals surface area contributed by atoms with Crippen LogP contribution in [0.25, 0.3) is 0 Å². The van der Waals surface area contributed by atoms with Crippen molar-refractivity contribution in [2.45, 2.75) is 58.0 Å². The summed E-state index contributed by atoms with van der Waals surface area (Å²) in [6.45, 7) is 5.58. The Kier molecular flexibility index (Phi) is 5.41. The maximum atomic E-state index is 6.06. The van der Waals surface area contributed by atoms with E-state index in [-0.39, 0.29) is 0 Å². The molecule has 1 fully saturated rings. The van der Waals surface area contributed by atoms with Crippen molar-refractivity contribution in [1.29, 1.82) is 0 Å². The SMILES string of the molecule is CC(C)Cc1ccc(CCNC2CCCC2N)cc1. The molecule has 0 spiro atoms. The van der Waals surface area contributed by atoms with E-state index in [9.17, 15) is 0 Å². The highest BCUT2D eigenvalue weighted by Crippen LogP contribution is 2.17. The fourth-order valence-corrected chi connectivity index (χ4v) is 2.96. The van der Waals surface area contributed by atoms with Crippen LogP contribution in [0, 0.1) is 5.92 Å². The van der Waals surface area contributed by atoms with Gasteiger partial charge in [-0.2, -0.15) is 0 Å². The third-order valence-corrected chi connectivity index (χ3v) is 4.06. The molecule has 0 radical (unpaired) electrons. The van der Waals surface area contributed by atoms with E-state index in [0.717, 1.165) is 18.9 Å². The molecular formula is C17H28N2. The summed E-state index contributed by atoms with van der Waals surface area (Å²) >= 11 is 0. The second-order valence-electron chi connectivity index (χ2n) is 6.32. The smallest absolute Gasteiger partial charge is 0.0219 e. The van der Waals surface area contributed by atoms with Crippen molar-refractivity contribution in [2.24, 2.45) is 11.7 Å². The number of nitrogens with two attached hydrogens (primary N) is 1. The van der Waals surface area contributed by atoms with Crippen molar-refractivity contribution in [2.75, 3.05) is 6.54 Å². The molecule has 2 rings (SSSR count). The van der Waals surface area contributed by atoms with Gasteiger partial charge >= 0.3 is 0 Å². The zero-order chi connectivity index (χ0) is 13.7. The van der Waals surface area contributed by atoms with Crippen LogP contribution < -0.4 is 11.1 Å². The fraction of sp³-hybridized carbons (Fsp3) is 0.647. The predicted octanol–water partition coefficient (Wildman–Crippen LogP) is 2.90. The number of rotatable bonds is 6. The zero-order valence-corrected chi connectivity index (χ0v) is 12.4. The minimum absolute atomic E-state index is 0.369. The highest BCUT2D eigenvalue weighted by molar-refractivity contribution is 5.23. The molecule has 106 valence electrons. The maximum absolute atomic E-state index is 6.06. The minimum Gasteiger partial charge on any atom is -0.326 e. The van der Waals surface area contributed by atoms with Gasteiger partial charge in [-0.25, -0.2) is 0 Å². The van der Waals surface area contributed by atoms with Crippen LogP contribution in [0.3, 0.4) is 0 Å². The normalized spacial score (nSPS) is 23.2. The molecule has 0 heterocycles. The third-order valence-electron chi connectivity index (χ3n) is 4.06. The summed E-state index contributed by atoms with van der Waals surface area (Å²) in [5, 5.41) is 3.60. The third kappa shape index (κ3) is 4.63. The van der Waals surface area contributed by atoms with Crippen molar-refractivity contribution in [3.8, 4) is 0 Å². The summed E-state index contributed by atoms with van der Waals surface area (Å²) in [6, 6.07) is 10.0. The van der Waals surface area contributed by atoms with Crippen molar-refractivity contribution in [3.05, 3.63) is 35.4 Å². The van der Waals surface area contributed by atoms with Crippen LogP contribution in [0.1, 0.15) is 44.2 Å². The minimum atomic E-state index is 0.369. The largest absolute Gasteiger partial charge is 0.326 e. The Bertz CT molecular complexity index is 369. The topological polar surface area (TPSA) is 38.0 Å². The van der Waals surface area contributed by atoms with Gasteiger partial charge in [0, 0.05) is 12.1 Å². The van der Waals surface area contributed by atoms with Gasteiger partial charge < -0.3 is 11.1 Å². The summed E-state index contributed by atoms with van der Waals surface area (Å²) in [5.74, 6) is 0.733. The molecule has 1 aromatic rings. The van der Waals surface area contributed by atoms with E-state index in [1.807, 2.05) is 0 Å². The second kappa shape index (κ2) is 7.06. The van der Waals surface area contributed by atoms with E-state index in [1.165, 1.54) is 36.8 Å². The lowest BCUT2D eigenvalue weighted by atomic mass is 10.0. The molecule has 2 unspecified atom stereocenters. The summed E-state index contributed by atoms with van der Waals surface area (Å²) < 4.78 is 0. The Balaban J connectivity index is 1.73. The van der Waals surface area contributed by atoms with Crippen molar-refractivity contribution >= 4 is 0 Å². The molecule has 2 atom stereocenters. The van der Waals surface area contributed by atoms with Crippen LogP contribution in [-0.2, 0) is 12.8 Å². The van der Waals surface area contributed by atoms with Gasteiger partial charge in [-0.3, -0.25) is 0 Å². The molecule has 0 bridgehead atoms. The van der Waals surface area contributed by atoms with Gasteiger partial charge in [0.05, 0.1) is 0 Å². The van der Waals surface area contributed by atoms with Crippen LogP contribution in [-0.4, -0.2) is 18.6 Å². The van der Waals surface area contributed by atoms with Crippen LogP contribution in [0.5, 0.6) is 0 Å². The van der Waals surface area contributed by atoms with E-state index in [2.05, 4.69) is 43.4 Å². The van der Waals surface area contributed by atoms with Crippen LogP contribution in [0.4, 0.5) is 0 Å². The molecule has 0 aromatic heterocycles. The first kappa shape index (κ1) is 14.5. The summed E-state index contributed by atoms with van der Waals surface area (Å²) in [6.07, 6.45) is 5.99. The number of nitrogens with one attached hydrogen (secondary N) is 1. The number of hydrogen-bond acceptors (Lipinski definition) is 2. The molecule has 2 nitrogen and oxygen atoms in total. The van der Waals surface area contributed by atoms with Crippen molar-refractivity contribution in [3.63, 3.8) is 0 Å². The highest BCUT2D eigenvalue weighted by atomic mass is 15.0. The first-order chi connectivity index (χ1) is 9.15. The van der Waals surface area contributed by atoms with E-state index < -0.39 is 0 Å². The fourth-order valence-electron chi connectivity index (χ4n) is 2.96. The summed E-state index contributed by atoms with van der Waals surface area (Å²) in [4.78, 5) is 0. The van der Waals surface area contributed by atoms with E-state index >= 15 is 0 Å². The van der Waals surface area contributed by atoms with Crippen molar-refractivity contribution < 1.29 is 0 Å². The average Bonchev–Trinajstić information content (AvgIpc) is 2.77. The van der Waals surface area contributed by atoms with Gasteiger partial charge in [0.2, 0.25) is 0 Å². The highest BCUT2D eigenvalue weighted by Gasteiger charge is 2.22. The Hall–Kier alpha value is -0.860. The van der Waals surface area contributed by atoms with E-state index in [4.69, 9.17) is 5.73 Å². The van der Waals surface area contributed by atoms with Crippen molar-refractivity contribution in [1.82, 2.24) is 5.32 Å². The van der Waals surface area contributed by atoms with Gasteiger partial charge in [-0.1, -0.05) is 44.5 Å². The Labute approximate surface area is 117 Å². The molecule has 1 aliphatic carbocycles. The Morgan fingerprint density at radius 2 is 1.84 bits per heavy atom. The van der Waals surface area contributed by atoms with E-state index in [1.54, 1.807) is 0 Å². The molecule has 1 saturated carbocycles. The van der Waals surface area contributed by atoms with Gasteiger partial charge in [0.25, 0.3) is 0 Å². The quantitative estimate of drug-likeness (QED) is 0.825. The lowest BCUT2D eigenvalue weighted by molar-refractivity contribution is 0.479. The zero-order valence-electron chi connectivity index (χ0n) is 12.4. The monoisotopic (exact) mass is 260 g/mol. The molecule has 0 aliphatic heterocycles. The average molecular weight is 260 g/mol. The summed E-state index contributed by atoms with van der Waals surface area (Å²) in [7, 11) is 0. The lowest BCUT2D eigenvalue weighted by Crippen LogP contribution is -2.41. The first-order valence-electron chi connectivity index (χ1n) is 7.72. The van der Waals surface area contributed by atoms with Gasteiger partial charge in [0.1, 0.15) is 0 Å². The lowest BCUT2D eigenvalue weighted by Gasteiger charge is -2.17. The number of hydrogen-bond donors (Lipinski definition) is 2. The van der Waals surface area contributed by atoms with Gasteiger partial charge in [-0.15, -0.1) is 0 Å². The number of benzene rings is 1. The standard InChI is InChI=1S/C17H28N2/c1-13(2)12-15-8-6-14(7-9-15)10-11-19-17-5-3-4-16(17)18/h6-9,13,16-17,19H,3-5,10-12,18H2,1-2H3. The predicted molar refractivity (Wildman–Crippen MR) is 82.3 cm³/mol. The van der Waals surface area contributed by atoms with Gasteiger partial charge in [-0.05, 0) is 49.3 Å². The van der Waals surface area contributed by atoms with E-state index in [0.29, 0.717) is 12.1 Å². The van der Waals surface area contributed by atoms with Crippen LogP contribution >= 0.6 is 0 Å². The van der Waals surface area contributed by atoms with Gasteiger partial charge in [0.15, 0.2) is 0 Å². The Morgan fingerprint density at radius 3 is 2.42 bits per heavy atom. The molecule has 1 aromatic carbocycles. The second-order valence-corrected chi connectivity index (χ2v) is 6.32. The molecule has 19 heavy (non-hydrogen) atoms. The molecule has 0 amide bonds. The molecule has 3 N–H and O–H groups in total. The van der Waals surface area contributed by atoms with Crippen LogP contribution in [0.15, 0.2) is 24.3 Å². The van der Waals surface area contributed by atoms with Crippen LogP contribution in [0.2, 0.25) is 0 Å². The Morgan fingerprint density at radius 1 is 1.16 bits per heavy atom. The first-order valence-corrected chi connectivity index (χ1v) is 7.72. The molecule has 1 aliphatic rings. The maximum Gasteiger partial charge on any atom is 0.0219 e. The molecule has 0 saturated heterocycles.